The number of rotatable bonds is 4. The maximum Gasteiger partial charge on any atom is 0.416 e. The van der Waals surface area contributed by atoms with Gasteiger partial charge in [0.2, 0.25) is 0 Å². The zero-order valence-corrected chi connectivity index (χ0v) is 18.4. The highest BCUT2D eigenvalue weighted by Gasteiger charge is 2.52. The normalized spacial score (nSPS) is 29.4. The second kappa shape index (κ2) is 9.01. The summed E-state index contributed by atoms with van der Waals surface area (Å²) in [4.78, 5) is 15.3. The van der Waals surface area contributed by atoms with Gasteiger partial charge in [0.25, 0.3) is 0 Å². The summed E-state index contributed by atoms with van der Waals surface area (Å²) >= 11 is 0. The SMILES string of the molecule is O=C(Nc1ccc(C(F)(F)F)cc1)OC1CC2CC1[C@H]1CCCCN1[C@H]2Cc1ccccc1. The predicted octanol–water partition coefficient (Wildman–Crippen LogP) is 6.13. The van der Waals surface area contributed by atoms with Crippen molar-refractivity contribution in [3.63, 3.8) is 0 Å². The number of halogens is 3. The third kappa shape index (κ3) is 4.74. The lowest BCUT2D eigenvalue weighted by Crippen LogP contribution is -2.55. The fourth-order valence-electron chi connectivity index (χ4n) is 6.21. The van der Waals surface area contributed by atoms with Crippen molar-refractivity contribution in [3.8, 4) is 0 Å². The van der Waals surface area contributed by atoms with Crippen LogP contribution in [0.2, 0.25) is 0 Å². The number of nitrogens with one attached hydrogen (secondary N) is 1. The van der Waals surface area contributed by atoms with E-state index in [9.17, 15) is 18.0 Å². The topological polar surface area (TPSA) is 41.6 Å². The molecule has 0 spiro atoms. The second-order valence-electron chi connectivity index (χ2n) is 9.60. The molecule has 0 aromatic heterocycles. The van der Waals surface area contributed by atoms with Gasteiger partial charge in [-0.2, -0.15) is 13.2 Å². The van der Waals surface area contributed by atoms with Crippen LogP contribution in [-0.4, -0.2) is 35.7 Å². The Morgan fingerprint density at radius 1 is 1.03 bits per heavy atom. The summed E-state index contributed by atoms with van der Waals surface area (Å²) in [5, 5.41) is 2.61. The van der Waals surface area contributed by atoms with Gasteiger partial charge in [0, 0.05) is 23.7 Å². The molecular formula is C26H29F3N2O2. The molecule has 3 aliphatic rings. The van der Waals surface area contributed by atoms with Crippen molar-refractivity contribution in [3.05, 3.63) is 65.7 Å². The number of carbonyl (C=O) groups excluding carboxylic acids is 1. The van der Waals surface area contributed by atoms with E-state index in [1.165, 1.54) is 30.5 Å². The van der Waals surface area contributed by atoms with Gasteiger partial charge in [-0.25, -0.2) is 4.79 Å². The Morgan fingerprint density at radius 3 is 2.52 bits per heavy atom. The maximum atomic E-state index is 12.8. The van der Waals surface area contributed by atoms with Crippen LogP contribution in [0.4, 0.5) is 23.7 Å². The third-order valence-corrected chi connectivity index (χ3v) is 7.65. The lowest BCUT2D eigenvalue weighted by atomic mass is 9.79. The standard InChI is InChI=1S/C26H29F3N2O2/c27-26(28,29)19-9-11-20(12-10-19)30-25(32)33-24-16-18-15-21(24)22-8-4-5-13-31(22)23(18)14-17-6-2-1-3-7-17/h1-3,6-7,9-12,18,21-24H,4-5,8,13-16H2,(H,30,32)/t18?,21?,22-,23+,24?/m1/s1. The molecule has 176 valence electrons. The Morgan fingerprint density at radius 2 is 1.79 bits per heavy atom. The lowest BCUT2D eigenvalue weighted by Gasteiger charge is -2.49. The first-order valence-electron chi connectivity index (χ1n) is 11.8. The number of nitrogens with zero attached hydrogens (tertiary/aromatic N) is 1. The van der Waals surface area contributed by atoms with Crippen LogP contribution in [0.25, 0.3) is 0 Å². The van der Waals surface area contributed by atoms with Crippen LogP contribution in [0.3, 0.4) is 0 Å². The average molecular weight is 459 g/mol. The van der Waals surface area contributed by atoms with Crippen LogP contribution in [-0.2, 0) is 17.3 Å². The Labute approximate surface area is 192 Å². The van der Waals surface area contributed by atoms with Gasteiger partial charge in [0.15, 0.2) is 0 Å². The molecule has 4 nitrogen and oxygen atoms in total. The number of fused-ring (bicyclic) bond motifs is 4. The number of amides is 1. The Kier molecular flexibility index (Phi) is 6.08. The lowest BCUT2D eigenvalue weighted by molar-refractivity contribution is -0.137. The third-order valence-electron chi connectivity index (χ3n) is 7.65. The zero-order chi connectivity index (χ0) is 23.0. The average Bonchev–Trinajstić information content (AvgIpc) is 3.16. The fourth-order valence-corrected chi connectivity index (χ4v) is 6.21. The Hall–Kier alpha value is -2.54. The van der Waals surface area contributed by atoms with Crippen LogP contribution < -0.4 is 5.32 Å². The van der Waals surface area contributed by atoms with E-state index in [1.54, 1.807) is 0 Å². The van der Waals surface area contributed by atoms with Crippen LogP contribution in [0, 0.1) is 11.8 Å². The first-order chi connectivity index (χ1) is 15.9. The Bertz CT molecular complexity index is 964. The van der Waals surface area contributed by atoms with Gasteiger partial charge in [0.1, 0.15) is 6.10 Å². The molecular weight excluding hydrogens is 429 g/mol. The van der Waals surface area contributed by atoms with Gasteiger partial charge < -0.3 is 4.74 Å². The van der Waals surface area contributed by atoms with Crippen molar-refractivity contribution < 1.29 is 22.7 Å². The largest absolute Gasteiger partial charge is 0.446 e. The summed E-state index contributed by atoms with van der Waals surface area (Å²) in [6, 6.07) is 15.9. The molecule has 0 radical (unpaired) electrons. The quantitative estimate of drug-likeness (QED) is 0.599. The molecule has 5 rings (SSSR count). The first kappa shape index (κ1) is 22.3. The number of hydrogen-bond donors (Lipinski definition) is 1. The van der Waals surface area contributed by atoms with Crippen molar-refractivity contribution in [2.75, 3.05) is 11.9 Å². The van der Waals surface area contributed by atoms with E-state index in [0.29, 0.717) is 29.6 Å². The summed E-state index contributed by atoms with van der Waals surface area (Å²) in [6.07, 6.45) is 1.31. The van der Waals surface area contributed by atoms with E-state index in [2.05, 4.69) is 34.5 Å². The maximum absolute atomic E-state index is 12.8. The van der Waals surface area contributed by atoms with Crippen molar-refractivity contribution in [1.29, 1.82) is 0 Å². The minimum atomic E-state index is -4.40. The van der Waals surface area contributed by atoms with Crippen molar-refractivity contribution in [1.82, 2.24) is 4.90 Å². The molecule has 2 bridgehead atoms. The summed E-state index contributed by atoms with van der Waals surface area (Å²) in [6.45, 7) is 1.10. The Balaban J connectivity index is 1.26. The minimum Gasteiger partial charge on any atom is -0.446 e. The molecule has 2 aliphatic heterocycles. The highest BCUT2D eigenvalue weighted by Crippen LogP contribution is 2.49. The number of carbonyl (C=O) groups is 1. The molecule has 1 amide bonds. The minimum absolute atomic E-state index is 0.157. The number of alkyl halides is 3. The molecule has 3 fully saturated rings. The van der Waals surface area contributed by atoms with E-state index in [1.807, 2.05) is 6.07 Å². The molecule has 1 saturated carbocycles. The number of piperidine rings is 2. The van der Waals surface area contributed by atoms with Crippen LogP contribution in [0.15, 0.2) is 54.6 Å². The van der Waals surface area contributed by atoms with Crippen molar-refractivity contribution in [2.45, 2.75) is 62.9 Å². The summed E-state index contributed by atoms with van der Waals surface area (Å²) in [5.74, 6) is 0.800. The van der Waals surface area contributed by atoms with Crippen LogP contribution in [0.1, 0.15) is 43.2 Å². The van der Waals surface area contributed by atoms with Gasteiger partial charge in [-0.05, 0) is 74.4 Å². The van der Waals surface area contributed by atoms with E-state index >= 15 is 0 Å². The van der Waals surface area contributed by atoms with E-state index in [4.69, 9.17) is 4.74 Å². The molecule has 1 aliphatic carbocycles. The highest BCUT2D eigenvalue weighted by atomic mass is 19.4. The number of benzene rings is 2. The fraction of sp³-hybridized carbons (Fsp3) is 0.500. The molecule has 2 heterocycles. The smallest absolute Gasteiger partial charge is 0.416 e. The van der Waals surface area contributed by atoms with Crippen LogP contribution >= 0.6 is 0 Å². The monoisotopic (exact) mass is 458 g/mol. The van der Waals surface area contributed by atoms with Crippen molar-refractivity contribution in [2.24, 2.45) is 11.8 Å². The van der Waals surface area contributed by atoms with Crippen molar-refractivity contribution >= 4 is 11.8 Å². The first-order valence-corrected chi connectivity index (χ1v) is 11.8. The summed E-state index contributed by atoms with van der Waals surface area (Å²) in [5.41, 5.74) is 0.901. The van der Waals surface area contributed by atoms with E-state index in [-0.39, 0.29) is 6.10 Å². The van der Waals surface area contributed by atoms with Gasteiger partial charge in [-0.15, -0.1) is 0 Å². The zero-order valence-electron chi connectivity index (χ0n) is 18.4. The van der Waals surface area contributed by atoms with Gasteiger partial charge >= 0.3 is 12.3 Å². The summed E-state index contributed by atoms with van der Waals surface area (Å²) < 4.78 is 44.2. The number of ether oxygens (including phenoxy) is 1. The van der Waals surface area contributed by atoms with E-state index in [0.717, 1.165) is 44.4 Å². The second-order valence-corrected chi connectivity index (χ2v) is 9.60. The van der Waals surface area contributed by atoms with Crippen LogP contribution in [0.5, 0.6) is 0 Å². The van der Waals surface area contributed by atoms with E-state index < -0.39 is 17.8 Å². The molecule has 1 N–H and O–H groups in total. The molecule has 7 heteroatoms. The molecule has 3 unspecified atom stereocenters. The predicted molar refractivity (Wildman–Crippen MR) is 120 cm³/mol. The van der Waals surface area contributed by atoms with Gasteiger partial charge in [0.05, 0.1) is 5.56 Å². The van der Waals surface area contributed by atoms with Gasteiger partial charge in [-0.1, -0.05) is 36.8 Å². The molecule has 2 saturated heterocycles. The van der Waals surface area contributed by atoms with Gasteiger partial charge in [-0.3, -0.25) is 10.2 Å². The highest BCUT2D eigenvalue weighted by molar-refractivity contribution is 5.84. The number of hydrogen-bond acceptors (Lipinski definition) is 3. The molecule has 5 atom stereocenters. The molecule has 2 aromatic carbocycles. The summed E-state index contributed by atoms with van der Waals surface area (Å²) in [7, 11) is 0. The molecule has 2 aromatic rings. The molecule has 33 heavy (non-hydrogen) atoms. The number of anilines is 1.